The van der Waals surface area contributed by atoms with E-state index in [1.54, 1.807) is 0 Å². The number of aryl methyl sites for hydroxylation is 1. The van der Waals surface area contributed by atoms with Crippen LogP contribution in [-0.2, 0) is 6.54 Å². The first-order valence-corrected chi connectivity index (χ1v) is 9.34. The molecule has 0 aliphatic heterocycles. The Hall–Kier alpha value is -2.61. The number of rotatable bonds is 6. The van der Waals surface area contributed by atoms with Crippen molar-refractivity contribution in [1.29, 1.82) is 0 Å². The Bertz CT molecular complexity index is 997. The van der Waals surface area contributed by atoms with Crippen molar-refractivity contribution in [2.75, 3.05) is 0 Å². The van der Waals surface area contributed by atoms with Crippen molar-refractivity contribution in [3.05, 3.63) is 73.3 Å². The maximum absolute atomic E-state index is 2.31. The Kier molecular flexibility index (Phi) is 4.51. The number of hydrogen-bond donors (Lipinski definition) is 0. The van der Waals surface area contributed by atoms with Crippen molar-refractivity contribution in [3.8, 4) is 5.69 Å². The molecule has 0 spiro atoms. The highest BCUT2D eigenvalue weighted by Crippen LogP contribution is 2.27. The molecule has 2 heteroatoms. The fourth-order valence-corrected chi connectivity index (χ4v) is 3.57. The van der Waals surface area contributed by atoms with Gasteiger partial charge in [-0.15, -0.1) is 0 Å². The summed E-state index contributed by atoms with van der Waals surface area (Å²) < 4.78 is 4.55. The van der Waals surface area contributed by atoms with Gasteiger partial charge in [0.2, 0.25) is 6.33 Å². The molecule has 0 fully saturated rings. The summed E-state index contributed by atoms with van der Waals surface area (Å²) in [5.74, 6) is 0. The quantitative estimate of drug-likeness (QED) is 0.245. The van der Waals surface area contributed by atoms with Crippen LogP contribution in [0.4, 0.5) is 0 Å². The molecule has 4 aromatic rings. The Morgan fingerprint density at radius 2 is 1.64 bits per heavy atom. The number of fused-ring (bicyclic) bond motifs is 2. The van der Waals surface area contributed by atoms with Crippen LogP contribution in [0.25, 0.3) is 27.2 Å². The number of hydrogen-bond acceptors (Lipinski definition) is 0. The molecular formula is C23H25N2+. The van der Waals surface area contributed by atoms with Gasteiger partial charge in [-0.3, -0.25) is 0 Å². The van der Waals surface area contributed by atoms with Crippen LogP contribution in [0.15, 0.2) is 73.3 Å². The van der Waals surface area contributed by atoms with Crippen LogP contribution >= 0.6 is 0 Å². The first-order valence-electron chi connectivity index (χ1n) is 9.34. The zero-order valence-corrected chi connectivity index (χ0v) is 14.9. The molecule has 0 radical (unpaired) electrons. The highest BCUT2D eigenvalue weighted by atomic mass is 15.1. The summed E-state index contributed by atoms with van der Waals surface area (Å²) in [6.07, 6.45) is 11.8. The molecule has 0 bridgehead atoms. The van der Waals surface area contributed by atoms with E-state index < -0.39 is 0 Å². The highest BCUT2D eigenvalue weighted by molar-refractivity contribution is 6.01. The second-order valence-corrected chi connectivity index (χ2v) is 6.82. The van der Waals surface area contributed by atoms with Crippen molar-refractivity contribution < 1.29 is 4.57 Å². The molecule has 0 saturated heterocycles. The van der Waals surface area contributed by atoms with Gasteiger partial charge in [0.25, 0.3) is 0 Å². The molecular weight excluding hydrogens is 304 g/mol. The van der Waals surface area contributed by atoms with Gasteiger partial charge in [0.1, 0.15) is 18.1 Å². The summed E-state index contributed by atoms with van der Waals surface area (Å²) in [4.78, 5) is 0. The third-order valence-electron chi connectivity index (χ3n) is 4.96. The van der Waals surface area contributed by atoms with Crippen molar-refractivity contribution in [1.82, 2.24) is 4.57 Å². The number of imidazole rings is 1. The number of aromatic nitrogens is 2. The van der Waals surface area contributed by atoms with Gasteiger partial charge in [-0.25, -0.2) is 9.13 Å². The maximum atomic E-state index is 2.31. The van der Waals surface area contributed by atoms with E-state index in [0.717, 1.165) is 6.54 Å². The molecule has 126 valence electrons. The van der Waals surface area contributed by atoms with E-state index in [2.05, 4.69) is 89.4 Å². The van der Waals surface area contributed by atoms with Crippen molar-refractivity contribution in [2.24, 2.45) is 0 Å². The second-order valence-electron chi connectivity index (χ2n) is 6.82. The minimum absolute atomic E-state index is 1.10. The van der Waals surface area contributed by atoms with Crippen LogP contribution < -0.4 is 4.57 Å². The van der Waals surface area contributed by atoms with Gasteiger partial charge in [0, 0.05) is 5.39 Å². The maximum Gasteiger partial charge on any atom is 0.248 e. The van der Waals surface area contributed by atoms with Crippen LogP contribution in [-0.4, -0.2) is 4.57 Å². The molecule has 1 heterocycles. The fraction of sp³-hybridized carbons (Fsp3) is 0.261. The van der Waals surface area contributed by atoms with E-state index in [0.29, 0.717) is 0 Å². The predicted octanol–water partition coefficient (Wildman–Crippen LogP) is 5.65. The molecule has 25 heavy (non-hydrogen) atoms. The van der Waals surface area contributed by atoms with Crippen molar-refractivity contribution >= 4 is 21.5 Å². The summed E-state index contributed by atoms with van der Waals surface area (Å²) in [6, 6.07) is 19.7. The predicted molar refractivity (Wildman–Crippen MR) is 105 cm³/mol. The molecule has 0 saturated carbocycles. The minimum Gasteiger partial charge on any atom is -0.236 e. The zero-order chi connectivity index (χ0) is 17.1. The van der Waals surface area contributed by atoms with Crippen molar-refractivity contribution in [3.63, 3.8) is 0 Å². The third-order valence-corrected chi connectivity index (χ3v) is 4.96. The third kappa shape index (κ3) is 3.30. The second kappa shape index (κ2) is 7.10. The summed E-state index contributed by atoms with van der Waals surface area (Å²) in [5.41, 5.74) is 1.25. The topological polar surface area (TPSA) is 8.81 Å². The monoisotopic (exact) mass is 329 g/mol. The van der Waals surface area contributed by atoms with Gasteiger partial charge >= 0.3 is 0 Å². The normalized spacial score (nSPS) is 11.4. The fourth-order valence-electron chi connectivity index (χ4n) is 3.57. The van der Waals surface area contributed by atoms with E-state index >= 15 is 0 Å². The van der Waals surface area contributed by atoms with Crippen LogP contribution in [0.1, 0.15) is 32.6 Å². The average Bonchev–Trinajstić information content (AvgIpc) is 3.12. The molecule has 2 nitrogen and oxygen atoms in total. The average molecular weight is 329 g/mol. The molecule has 0 atom stereocenters. The first-order chi connectivity index (χ1) is 12.3. The molecule has 0 unspecified atom stereocenters. The van der Waals surface area contributed by atoms with Gasteiger partial charge in [-0.1, -0.05) is 56.2 Å². The summed E-state index contributed by atoms with van der Waals surface area (Å²) in [5, 5.41) is 5.18. The minimum atomic E-state index is 1.10. The highest BCUT2D eigenvalue weighted by Gasteiger charge is 2.11. The molecule has 4 rings (SSSR count). The lowest BCUT2D eigenvalue weighted by atomic mass is 10.0. The lowest BCUT2D eigenvalue weighted by Crippen LogP contribution is -2.30. The first kappa shape index (κ1) is 15.9. The molecule has 3 aromatic carbocycles. The number of benzene rings is 3. The number of nitrogens with zero attached hydrogens (tertiary/aromatic N) is 2. The lowest BCUT2D eigenvalue weighted by molar-refractivity contribution is -0.696. The van der Waals surface area contributed by atoms with Crippen LogP contribution in [0.5, 0.6) is 0 Å². The summed E-state index contributed by atoms with van der Waals surface area (Å²) in [6.45, 7) is 3.36. The van der Waals surface area contributed by atoms with E-state index in [1.807, 2.05) is 0 Å². The SMILES string of the molecule is CCCCCC[n+]1ccn(-c2cccc3cc4ccccc4cc23)c1. The standard InChI is InChI=1S/C23H25N2/c1-2-3-4-7-13-24-14-15-25(18-24)23-12-8-11-21-16-19-9-5-6-10-20(19)17-22(21)23/h5-6,8-12,14-18H,2-4,7,13H2,1H3/q+1. The molecule has 1 aromatic heterocycles. The van der Waals surface area contributed by atoms with Gasteiger partial charge in [0.05, 0.1) is 6.54 Å². The molecule has 0 aliphatic rings. The number of unbranched alkanes of at least 4 members (excludes halogenated alkanes) is 3. The molecule has 0 aliphatic carbocycles. The molecule has 0 N–H and O–H groups in total. The Balaban J connectivity index is 1.69. The van der Waals surface area contributed by atoms with Crippen LogP contribution in [0.2, 0.25) is 0 Å². The smallest absolute Gasteiger partial charge is 0.236 e. The van der Waals surface area contributed by atoms with Gasteiger partial charge in [-0.2, -0.15) is 0 Å². The van der Waals surface area contributed by atoms with E-state index in [-0.39, 0.29) is 0 Å². The van der Waals surface area contributed by atoms with Gasteiger partial charge < -0.3 is 0 Å². The van der Waals surface area contributed by atoms with Crippen LogP contribution in [0.3, 0.4) is 0 Å². The van der Waals surface area contributed by atoms with E-state index in [9.17, 15) is 0 Å². The van der Waals surface area contributed by atoms with E-state index in [1.165, 1.54) is 52.9 Å². The van der Waals surface area contributed by atoms with Crippen molar-refractivity contribution in [2.45, 2.75) is 39.2 Å². The summed E-state index contributed by atoms with van der Waals surface area (Å²) in [7, 11) is 0. The zero-order valence-electron chi connectivity index (χ0n) is 14.9. The Morgan fingerprint density at radius 1 is 0.840 bits per heavy atom. The largest absolute Gasteiger partial charge is 0.248 e. The summed E-state index contributed by atoms with van der Waals surface area (Å²) >= 11 is 0. The van der Waals surface area contributed by atoms with E-state index in [4.69, 9.17) is 0 Å². The lowest BCUT2D eigenvalue weighted by Gasteiger charge is -2.05. The molecule has 0 amide bonds. The van der Waals surface area contributed by atoms with Gasteiger partial charge in [0.15, 0.2) is 0 Å². The Labute approximate surface area is 149 Å². The van der Waals surface area contributed by atoms with Crippen LogP contribution in [0, 0.1) is 0 Å². The van der Waals surface area contributed by atoms with Gasteiger partial charge in [-0.05, 0) is 47.2 Å². The Morgan fingerprint density at radius 3 is 2.48 bits per heavy atom.